The number of carboxylic acids is 2. The number of fused-ring (bicyclic) bond motifs is 1. The van der Waals surface area contributed by atoms with Gasteiger partial charge in [0.1, 0.15) is 5.84 Å². The molecule has 3 rings (SSSR count). The number of hydrogen-bond acceptors (Lipinski definition) is 8. The number of carbonyl (C=O) groups is 3. The van der Waals surface area contributed by atoms with E-state index < -0.39 is 29.9 Å². The Morgan fingerprint density at radius 1 is 1.14 bits per heavy atom. The van der Waals surface area contributed by atoms with E-state index in [-0.39, 0.29) is 29.1 Å². The lowest BCUT2D eigenvalue weighted by molar-refractivity contribution is -0.192. The summed E-state index contributed by atoms with van der Waals surface area (Å²) < 4.78 is 51.7. The number of nitrogen functional groups attached to an aromatic ring is 1. The number of anilines is 1. The molecular weight excluding hydrogens is 524 g/mol. The van der Waals surface area contributed by atoms with Crippen molar-refractivity contribution in [1.29, 1.82) is 5.41 Å². The molecular formula is C22H20F4N4O6S. The number of benzene rings is 2. The third kappa shape index (κ3) is 8.42. The van der Waals surface area contributed by atoms with Crippen LogP contribution in [0.1, 0.15) is 28.8 Å². The highest BCUT2D eigenvalue weighted by Crippen LogP contribution is 2.29. The molecule has 0 bridgehead atoms. The van der Waals surface area contributed by atoms with Crippen molar-refractivity contribution in [1.82, 2.24) is 4.98 Å². The van der Waals surface area contributed by atoms with Crippen molar-refractivity contribution in [2.24, 2.45) is 5.73 Å². The van der Waals surface area contributed by atoms with Crippen LogP contribution < -0.4 is 15.4 Å². The summed E-state index contributed by atoms with van der Waals surface area (Å²) in [4.78, 5) is 38.3. The molecule has 15 heteroatoms. The maximum absolute atomic E-state index is 14.1. The van der Waals surface area contributed by atoms with Gasteiger partial charge in [-0.05, 0) is 42.8 Å². The first kappa shape index (κ1) is 29.0. The lowest BCUT2D eigenvalue weighted by Crippen LogP contribution is -2.21. The number of alkyl halides is 3. The summed E-state index contributed by atoms with van der Waals surface area (Å²) in [7, 11) is 1.82. The van der Waals surface area contributed by atoms with Gasteiger partial charge in [0.05, 0.1) is 15.8 Å². The van der Waals surface area contributed by atoms with Crippen LogP contribution in [-0.2, 0) is 9.59 Å². The molecule has 2 aromatic carbocycles. The maximum atomic E-state index is 14.1. The van der Waals surface area contributed by atoms with Gasteiger partial charge in [-0.15, -0.1) is 0 Å². The number of nitrogens with two attached hydrogens (primary N) is 1. The Morgan fingerprint density at radius 3 is 2.30 bits per heavy atom. The highest BCUT2D eigenvalue weighted by atomic mass is 32.1. The number of esters is 1. The molecule has 0 aliphatic rings. The predicted octanol–water partition coefficient (Wildman–Crippen LogP) is 3.87. The summed E-state index contributed by atoms with van der Waals surface area (Å²) in [6.45, 7) is 0.538. The Labute approximate surface area is 210 Å². The van der Waals surface area contributed by atoms with Gasteiger partial charge < -0.3 is 25.6 Å². The van der Waals surface area contributed by atoms with Gasteiger partial charge in [-0.25, -0.2) is 19.0 Å². The van der Waals surface area contributed by atoms with Crippen LogP contribution in [0.15, 0.2) is 36.4 Å². The molecule has 0 saturated carbocycles. The zero-order chi connectivity index (χ0) is 27.9. The second-order valence-electron chi connectivity index (χ2n) is 7.35. The van der Waals surface area contributed by atoms with Crippen LogP contribution in [0.25, 0.3) is 10.2 Å². The molecule has 3 aromatic rings. The van der Waals surface area contributed by atoms with Crippen molar-refractivity contribution >= 4 is 50.4 Å². The van der Waals surface area contributed by atoms with Gasteiger partial charge in [0.15, 0.2) is 16.7 Å². The molecule has 0 unspecified atom stereocenters. The summed E-state index contributed by atoms with van der Waals surface area (Å²) in [5.74, 6) is -5.66. The Balaban J connectivity index is 0.000000604. The fourth-order valence-electron chi connectivity index (χ4n) is 2.68. The number of amidine groups is 1. The molecule has 0 atom stereocenters. The second kappa shape index (κ2) is 12.1. The molecule has 0 aliphatic carbocycles. The van der Waals surface area contributed by atoms with Gasteiger partial charge in [-0.1, -0.05) is 11.3 Å². The van der Waals surface area contributed by atoms with Gasteiger partial charge in [0.2, 0.25) is 0 Å². The summed E-state index contributed by atoms with van der Waals surface area (Å²) in [6, 6.07) is 8.51. The molecule has 0 spiro atoms. The SMILES string of the molecule is CN(CCCC(=O)O)c1nc2ccc(C(=O)Oc3ccc(C(=N)N)cc3F)cc2s1.O=C(O)C(F)(F)F. The fourth-order valence-corrected chi connectivity index (χ4v) is 3.67. The molecule has 5 N–H and O–H groups in total. The zero-order valence-corrected chi connectivity index (χ0v) is 19.8. The van der Waals surface area contributed by atoms with Gasteiger partial charge >= 0.3 is 24.1 Å². The molecule has 37 heavy (non-hydrogen) atoms. The van der Waals surface area contributed by atoms with E-state index in [1.54, 1.807) is 18.2 Å². The Bertz CT molecular complexity index is 1330. The smallest absolute Gasteiger partial charge is 0.481 e. The van der Waals surface area contributed by atoms with Crippen LogP contribution in [0.3, 0.4) is 0 Å². The molecule has 0 fully saturated rings. The van der Waals surface area contributed by atoms with Gasteiger partial charge in [-0.3, -0.25) is 10.2 Å². The Morgan fingerprint density at radius 2 is 1.76 bits per heavy atom. The van der Waals surface area contributed by atoms with Crippen molar-refractivity contribution in [3.05, 3.63) is 53.3 Å². The first-order chi connectivity index (χ1) is 17.2. The first-order valence-electron chi connectivity index (χ1n) is 10.2. The van der Waals surface area contributed by atoms with Gasteiger partial charge in [0, 0.05) is 25.6 Å². The number of carbonyl (C=O) groups excluding carboxylic acids is 1. The number of ether oxygens (including phenoxy) is 1. The van der Waals surface area contributed by atoms with Gasteiger partial charge in [-0.2, -0.15) is 13.2 Å². The summed E-state index contributed by atoms with van der Waals surface area (Å²) >= 11 is 1.36. The minimum atomic E-state index is -5.08. The quantitative estimate of drug-likeness (QED) is 0.108. The van der Waals surface area contributed by atoms with Crippen LogP contribution in [0.4, 0.5) is 22.7 Å². The number of aliphatic carboxylic acids is 2. The van der Waals surface area contributed by atoms with Crippen molar-refractivity contribution in [3.63, 3.8) is 0 Å². The third-order valence-electron chi connectivity index (χ3n) is 4.51. The highest BCUT2D eigenvalue weighted by molar-refractivity contribution is 7.22. The minimum Gasteiger partial charge on any atom is -0.481 e. The highest BCUT2D eigenvalue weighted by Gasteiger charge is 2.38. The number of halogens is 4. The van der Waals surface area contributed by atoms with Crippen LogP contribution in [0.2, 0.25) is 0 Å². The molecule has 1 aromatic heterocycles. The van der Waals surface area contributed by atoms with Crippen molar-refractivity contribution in [2.75, 3.05) is 18.5 Å². The van der Waals surface area contributed by atoms with E-state index in [2.05, 4.69) is 4.98 Å². The third-order valence-corrected chi connectivity index (χ3v) is 5.64. The maximum Gasteiger partial charge on any atom is 0.490 e. The van der Waals surface area contributed by atoms with E-state index in [0.29, 0.717) is 23.6 Å². The van der Waals surface area contributed by atoms with Crippen LogP contribution in [-0.4, -0.2) is 58.7 Å². The molecule has 0 saturated heterocycles. The number of hydrogen-bond donors (Lipinski definition) is 4. The molecule has 0 aliphatic heterocycles. The van der Waals surface area contributed by atoms with E-state index in [9.17, 15) is 27.2 Å². The predicted molar refractivity (Wildman–Crippen MR) is 126 cm³/mol. The first-order valence-corrected chi connectivity index (χ1v) is 11.0. The van der Waals surface area contributed by atoms with Crippen LogP contribution in [0.5, 0.6) is 5.75 Å². The topological polar surface area (TPSA) is 167 Å². The lowest BCUT2D eigenvalue weighted by Gasteiger charge is -2.14. The van der Waals surface area contributed by atoms with E-state index in [1.165, 1.54) is 23.5 Å². The largest absolute Gasteiger partial charge is 0.490 e. The normalized spacial score (nSPS) is 10.8. The van der Waals surface area contributed by atoms with Crippen molar-refractivity contribution < 1.29 is 46.9 Å². The molecule has 0 amide bonds. The summed E-state index contributed by atoms with van der Waals surface area (Å²) in [6.07, 6.45) is -4.51. The molecule has 1 heterocycles. The standard InChI is InChI=1S/C20H19FN4O4S.C2HF3O2/c1-25(8-2-3-17(26)27)20-24-14-6-4-12(10-16(14)30-20)19(28)29-15-7-5-11(18(22)23)9-13(15)21;3-2(4,5)1(6)7/h4-7,9-10H,2-3,8H2,1H3,(H3,22,23)(H,26,27);(H,6,7). The molecule has 0 radical (unpaired) electrons. The van der Waals surface area contributed by atoms with Crippen LogP contribution in [0, 0.1) is 11.2 Å². The number of aromatic nitrogens is 1. The molecule has 10 nitrogen and oxygen atoms in total. The summed E-state index contributed by atoms with van der Waals surface area (Å²) in [5.41, 5.74) is 6.43. The van der Waals surface area contributed by atoms with Crippen molar-refractivity contribution in [2.45, 2.75) is 19.0 Å². The number of thiazole rings is 1. The monoisotopic (exact) mass is 544 g/mol. The van der Waals surface area contributed by atoms with Crippen LogP contribution >= 0.6 is 11.3 Å². The Hall–Kier alpha value is -4.27. The van der Waals surface area contributed by atoms with E-state index >= 15 is 0 Å². The lowest BCUT2D eigenvalue weighted by atomic mass is 10.2. The number of rotatable bonds is 8. The fraction of sp³-hybridized carbons (Fsp3) is 0.227. The number of carboxylic acid groups (broad SMARTS) is 2. The minimum absolute atomic E-state index is 0.0786. The second-order valence-corrected chi connectivity index (χ2v) is 8.36. The van der Waals surface area contributed by atoms with E-state index in [1.807, 2.05) is 11.9 Å². The number of nitrogens with one attached hydrogen (secondary N) is 1. The Kier molecular flexibility index (Phi) is 9.48. The zero-order valence-electron chi connectivity index (χ0n) is 19.0. The average molecular weight is 544 g/mol. The molecule has 198 valence electrons. The number of nitrogens with zero attached hydrogens (tertiary/aromatic N) is 2. The van der Waals surface area contributed by atoms with Crippen molar-refractivity contribution in [3.8, 4) is 5.75 Å². The van der Waals surface area contributed by atoms with E-state index in [4.69, 9.17) is 30.9 Å². The average Bonchev–Trinajstić information content (AvgIpc) is 3.23. The van der Waals surface area contributed by atoms with E-state index in [0.717, 1.165) is 10.8 Å². The van der Waals surface area contributed by atoms with Gasteiger partial charge in [0.25, 0.3) is 0 Å². The summed E-state index contributed by atoms with van der Waals surface area (Å²) in [5, 5.41) is 23.9.